The van der Waals surface area contributed by atoms with Crippen LogP contribution < -0.4 is 19.9 Å². The second-order valence-corrected chi connectivity index (χ2v) is 7.01. The fourth-order valence-electron chi connectivity index (χ4n) is 2.61. The van der Waals surface area contributed by atoms with Gasteiger partial charge in [0.15, 0.2) is 0 Å². The van der Waals surface area contributed by atoms with Crippen molar-refractivity contribution in [1.82, 2.24) is 5.32 Å². The molecule has 3 rings (SSSR count). The van der Waals surface area contributed by atoms with Gasteiger partial charge in [-0.1, -0.05) is 6.07 Å². The molecule has 25 heavy (non-hydrogen) atoms. The first kappa shape index (κ1) is 17.2. The Morgan fingerprint density at radius 3 is 2.72 bits per heavy atom. The quantitative estimate of drug-likeness (QED) is 0.857. The van der Waals surface area contributed by atoms with Gasteiger partial charge >= 0.3 is 0 Å². The van der Waals surface area contributed by atoms with Crippen molar-refractivity contribution in [3.8, 4) is 22.6 Å². The molecule has 7 nitrogen and oxygen atoms in total. The first-order valence-corrected chi connectivity index (χ1v) is 9.30. The van der Waals surface area contributed by atoms with Gasteiger partial charge in [0.25, 0.3) is 5.91 Å². The number of benzene rings is 2. The summed E-state index contributed by atoms with van der Waals surface area (Å²) < 4.78 is 34.5. The molecular weight excluding hydrogens is 344 g/mol. The second-order valence-electron chi connectivity index (χ2n) is 5.45. The number of fused-ring (bicyclic) bond motifs is 1. The molecule has 0 atom stereocenters. The first-order valence-electron chi connectivity index (χ1n) is 7.75. The number of ether oxygens (including phenoxy) is 2. The van der Waals surface area contributed by atoms with Crippen molar-refractivity contribution in [3.63, 3.8) is 0 Å². The summed E-state index contributed by atoms with van der Waals surface area (Å²) in [6, 6.07) is 9.49. The van der Waals surface area contributed by atoms with Crippen LogP contribution >= 0.6 is 0 Å². The molecule has 2 aromatic rings. The molecule has 1 amide bonds. The van der Waals surface area contributed by atoms with Crippen LogP contribution in [0.5, 0.6) is 11.5 Å². The summed E-state index contributed by atoms with van der Waals surface area (Å²) >= 11 is 0. The van der Waals surface area contributed by atoms with E-state index in [1.807, 2.05) is 6.92 Å². The van der Waals surface area contributed by atoms with Crippen LogP contribution in [0.2, 0.25) is 0 Å². The Balaban J connectivity index is 2.16. The third kappa shape index (κ3) is 3.59. The third-order valence-electron chi connectivity index (χ3n) is 3.76. The van der Waals surface area contributed by atoms with E-state index in [0.29, 0.717) is 47.9 Å². The molecule has 0 radical (unpaired) electrons. The summed E-state index contributed by atoms with van der Waals surface area (Å²) in [5.74, 6) is 0.749. The molecule has 132 valence electrons. The van der Waals surface area contributed by atoms with E-state index >= 15 is 0 Å². The zero-order chi connectivity index (χ0) is 18.0. The summed E-state index contributed by atoms with van der Waals surface area (Å²) in [5.41, 5.74) is 1.56. The SMILES string of the molecule is CCOc1ccc(S(N)(=O)=O)cc1-c1ccc2c(c1)C(=O)NCCO2. The highest BCUT2D eigenvalue weighted by atomic mass is 32.2. The van der Waals surface area contributed by atoms with Crippen LogP contribution in [0.3, 0.4) is 0 Å². The maximum Gasteiger partial charge on any atom is 0.255 e. The van der Waals surface area contributed by atoms with Crippen molar-refractivity contribution in [2.24, 2.45) is 5.14 Å². The normalized spacial score (nSPS) is 14.1. The largest absolute Gasteiger partial charge is 0.493 e. The highest BCUT2D eigenvalue weighted by Crippen LogP contribution is 2.35. The molecule has 0 aromatic heterocycles. The Morgan fingerprint density at radius 1 is 1.20 bits per heavy atom. The number of primary sulfonamides is 1. The minimum Gasteiger partial charge on any atom is -0.493 e. The number of carbonyl (C=O) groups excluding carboxylic acids is 1. The van der Waals surface area contributed by atoms with Crippen molar-refractivity contribution in [1.29, 1.82) is 0 Å². The van der Waals surface area contributed by atoms with Crippen LogP contribution in [0.4, 0.5) is 0 Å². The zero-order valence-electron chi connectivity index (χ0n) is 13.6. The molecule has 0 bridgehead atoms. The molecule has 0 unspecified atom stereocenters. The Hall–Kier alpha value is -2.58. The average Bonchev–Trinajstić information content (AvgIpc) is 2.76. The topological polar surface area (TPSA) is 108 Å². The summed E-state index contributed by atoms with van der Waals surface area (Å²) in [7, 11) is -3.86. The summed E-state index contributed by atoms with van der Waals surface area (Å²) in [6.07, 6.45) is 0. The first-order chi connectivity index (χ1) is 11.9. The fourth-order valence-corrected chi connectivity index (χ4v) is 3.15. The van der Waals surface area contributed by atoms with Gasteiger partial charge in [-0.15, -0.1) is 0 Å². The van der Waals surface area contributed by atoms with Crippen LogP contribution in [0.1, 0.15) is 17.3 Å². The highest BCUT2D eigenvalue weighted by Gasteiger charge is 2.19. The number of sulfonamides is 1. The molecule has 0 spiro atoms. The predicted molar refractivity (Wildman–Crippen MR) is 92.2 cm³/mol. The minimum absolute atomic E-state index is 0.0263. The summed E-state index contributed by atoms with van der Waals surface area (Å²) in [5, 5.41) is 7.97. The standard InChI is InChI=1S/C17H18N2O5S/c1-2-23-15-6-4-12(25(18,21)22)10-13(15)11-3-5-16-14(9-11)17(20)19-7-8-24-16/h3-6,9-10H,2,7-8H2,1H3,(H,19,20)(H2,18,21,22). The second kappa shape index (κ2) is 6.73. The Bertz CT molecular complexity index is 925. The van der Waals surface area contributed by atoms with Crippen molar-refractivity contribution in [2.45, 2.75) is 11.8 Å². The van der Waals surface area contributed by atoms with Gasteiger partial charge in [0.05, 0.1) is 23.6 Å². The van der Waals surface area contributed by atoms with Gasteiger partial charge < -0.3 is 14.8 Å². The van der Waals surface area contributed by atoms with E-state index in [9.17, 15) is 13.2 Å². The van der Waals surface area contributed by atoms with Crippen molar-refractivity contribution < 1.29 is 22.7 Å². The predicted octanol–water partition coefficient (Wildman–Crippen LogP) is 1.52. The van der Waals surface area contributed by atoms with Gasteiger partial charge in [0.2, 0.25) is 10.0 Å². The van der Waals surface area contributed by atoms with Gasteiger partial charge in [0, 0.05) is 5.56 Å². The van der Waals surface area contributed by atoms with E-state index in [0.717, 1.165) is 0 Å². The molecule has 8 heteroatoms. The van der Waals surface area contributed by atoms with Crippen molar-refractivity contribution in [3.05, 3.63) is 42.0 Å². The molecule has 1 aliphatic heterocycles. The molecule has 0 aliphatic carbocycles. The van der Waals surface area contributed by atoms with Gasteiger partial charge in [0.1, 0.15) is 18.1 Å². The number of hydrogen-bond acceptors (Lipinski definition) is 5. The summed E-state index contributed by atoms with van der Waals surface area (Å²) in [4.78, 5) is 12.2. The smallest absolute Gasteiger partial charge is 0.255 e. The average molecular weight is 362 g/mol. The van der Waals surface area contributed by atoms with E-state index in [-0.39, 0.29) is 10.8 Å². The minimum atomic E-state index is -3.86. The van der Waals surface area contributed by atoms with Crippen LogP contribution in [-0.4, -0.2) is 34.1 Å². The van der Waals surface area contributed by atoms with E-state index in [4.69, 9.17) is 14.6 Å². The fraction of sp³-hybridized carbons (Fsp3) is 0.235. The molecule has 2 aromatic carbocycles. The third-order valence-corrected chi connectivity index (χ3v) is 4.67. The van der Waals surface area contributed by atoms with Gasteiger partial charge in [-0.2, -0.15) is 0 Å². The molecule has 0 saturated carbocycles. The van der Waals surface area contributed by atoms with Gasteiger partial charge in [-0.25, -0.2) is 13.6 Å². The van der Waals surface area contributed by atoms with Gasteiger partial charge in [-0.05, 0) is 42.8 Å². The Labute approximate surface area is 145 Å². The molecular formula is C17H18N2O5S. The number of hydrogen-bond donors (Lipinski definition) is 2. The number of amides is 1. The number of rotatable bonds is 4. The molecule has 1 heterocycles. The molecule has 0 fully saturated rings. The van der Waals surface area contributed by atoms with Crippen LogP contribution in [0, 0.1) is 0 Å². The lowest BCUT2D eigenvalue weighted by molar-refractivity contribution is 0.0957. The van der Waals surface area contributed by atoms with Crippen molar-refractivity contribution in [2.75, 3.05) is 19.8 Å². The Morgan fingerprint density at radius 2 is 2.00 bits per heavy atom. The zero-order valence-corrected chi connectivity index (χ0v) is 14.4. The highest BCUT2D eigenvalue weighted by molar-refractivity contribution is 7.89. The lowest BCUT2D eigenvalue weighted by atomic mass is 10.0. The molecule has 0 saturated heterocycles. The van der Waals surface area contributed by atoms with Crippen LogP contribution in [-0.2, 0) is 10.0 Å². The maximum atomic E-state index is 12.2. The van der Waals surface area contributed by atoms with E-state index in [1.54, 1.807) is 24.3 Å². The lowest BCUT2D eigenvalue weighted by Gasteiger charge is -2.13. The molecule has 1 aliphatic rings. The van der Waals surface area contributed by atoms with Gasteiger partial charge in [-0.3, -0.25) is 4.79 Å². The van der Waals surface area contributed by atoms with Crippen LogP contribution in [0.25, 0.3) is 11.1 Å². The van der Waals surface area contributed by atoms with E-state index < -0.39 is 10.0 Å². The van der Waals surface area contributed by atoms with Crippen LogP contribution in [0.15, 0.2) is 41.3 Å². The Kier molecular flexibility index (Phi) is 4.65. The summed E-state index contributed by atoms with van der Waals surface area (Å²) in [6.45, 7) is 3.06. The lowest BCUT2D eigenvalue weighted by Crippen LogP contribution is -2.24. The number of nitrogens with one attached hydrogen (secondary N) is 1. The molecule has 3 N–H and O–H groups in total. The monoisotopic (exact) mass is 362 g/mol. The number of nitrogens with two attached hydrogens (primary N) is 1. The number of carbonyl (C=O) groups is 1. The van der Waals surface area contributed by atoms with Crippen molar-refractivity contribution >= 4 is 15.9 Å². The maximum absolute atomic E-state index is 12.2. The van der Waals surface area contributed by atoms with E-state index in [1.165, 1.54) is 12.1 Å². The van der Waals surface area contributed by atoms with E-state index in [2.05, 4.69) is 5.32 Å².